The minimum Gasteiger partial charge on any atom is -0.494 e. The Morgan fingerprint density at radius 3 is 1.39 bits per heavy atom. The molecule has 0 fully saturated rings. The van der Waals surface area contributed by atoms with E-state index in [9.17, 15) is 13.2 Å². The Balaban J connectivity index is 1.56. The fraction of sp³-hybridized carbons (Fsp3) is 0.436. The van der Waals surface area contributed by atoms with Gasteiger partial charge in [0.05, 0.1) is 18.8 Å². The molecule has 0 aromatic heterocycles. The second-order valence-electron chi connectivity index (χ2n) is 11.0. The number of hydrogen-bond acceptors (Lipinski definition) is 2. The zero-order valence-corrected chi connectivity index (χ0v) is 26.2. The van der Waals surface area contributed by atoms with Crippen molar-refractivity contribution in [3.05, 3.63) is 94.5 Å². The molecule has 0 atom stereocenters. The van der Waals surface area contributed by atoms with E-state index in [1.807, 2.05) is 24.3 Å². The quantitative estimate of drug-likeness (QED) is 0.120. The number of ether oxygens (including phenoxy) is 2. The van der Waals surface area contributed by atoms with E-state index in [2.05, 4.69) is 37.5 Å². The molecular formula is C39H45F3O2. The molecule has 234 valence electrons. The van der Waals surface area contributed by atoms with Crippen molar-refractivity contribution in [1.82, 2.24) is 0 Å². The molecule has 0 amide bonds. The van der Waals surface area contributed by atoms with Gasteiger partial charge < -0.3 is 9.47 Å². The fourth-order valence-corrected chi connectivity index (χ4v) is 4.66. The van der Waals surface area contributed by atoms with Crippen molar-refractivity contribution in [2.45, 2.75) is 97.1 Å². The van der Waals surface area contributed by atoms with E-state index in [0.29, 0.717) is 24.3 Å². The summed E-state index contributed by atoms with van der Waals surface area (Å²) in [5, 5.41) is 0. The lowest BCUT2D eigenvalue weighted by Gasteiger charge is -2.09. The molecule has 0 N–H and O–H groups in total. The minimum atomic E-state index is -4.55. The third-order valence-electron chi connectivity index (χ3n) is 7.26. The largest absolute Gasteiger partial charge is 0.494 e. The molecule has 0 radical (unpaired) electrons. The summed E-state index contributed by atoms with van der Waals surface area (Å²) >= 11 is 0. The van der Waals surface area contributed by atoms with Crippen molar-refractivity contribution < 1.29 is 22.6 Å². The van der Waals surface area contributed by atoms with Crippen LogP contribution in [0.25, 0.3) is 0 Å². The second-order valence-corrected chi connectivity index (χ2v) is 11.0. The predicted octanol–water partition coefficient (Wildman–Crippen LogP) is 11.0. The lowest BCUT2D eigenvalue weighted by Crippen LogP contribution is -2.08. The van der Waals surface area contributed by atoms with E-state index < -0.39 is 11.7 Å². The second kappa shape index (κ2) is 19.4. The third-order valence-corrected chi connectivity index (χ3v) is 7.26. The first-order valence-corrected chi connectivity index (χ1v) is 16.1. The normalized spacial score (nSPS) is 10.8. The molecular weight excluding hydrogens is 557 g/mol. The van der Waals surface area contributed by atoms with Crippen molar-refractivity contribution in [3.63, 3.8) is 0 Å². The Labute approximate surface area is 262 Å². The number of benzene rings is 3. The van der Waals surface area contributed by atoms with Gasteiger partial charge in [0.1, 0.15) is 11.5 Å². The smallest absolute Gasteiger partial charge is 0.417 e. The highest BCUT2D eigenvalue weighted by Gasteiger charge is 2.33. The molecule has 0 spiro atoms. The van der Waals surface area contributed by atoms with Crippen LogP contribution < -0.4 is 9.47 Å². The first-order chi connectivity index (χ1) is 21.4. The van der Waals surface area contributed by atoms with Gasteiger partial charge in [0, 0.05) is 22.3 Å². The standard InChI is InChI=1S/C39H45F3O2/c1-3-5-7-9-11-13-29-43-36-25-19-32(20-26-36)15-16-34-18-24-35(38(31-34)39(40,41)42)23-17-33-21-27-37(28-22-33)44-30-14-12-10-8-6-4-2/h18-22,24-28,31H,3-14,29-30H2,1-2H3. The van der Waals surface area contributed by atoms with Crippen molar-refractivity contribution in [2.75, 3.05) is 13.2 Å². The van der Waals surface area contributed by atoms with Crippen LogP contribution >= 0.6 is 0 Å². The molecule has 3 aromatic rings. The van der Waals surface area contributed by atoms with Crippen molar-refractivity contribution in [3.8, 4) is 35.2 Å². The number of unbranched alkanes of at least 4 members (excludes halogenated alkanes) is 10. The van der Waals surface area contributed by atoms with Gasteiger partial charge in [0.15, 0.2) is 0 Å². The van der Waals surface area contributed by atoms with E-state index in [1.165, 1.54) is 57.4 Å². The Kier molecular flexibility index (Phi) is 15.3. The van der Waals surface area contributed by atoms with Crippen LogP contribution in [0, 0.1) is 23.7 Å². The summed E-state index contributed by atoms with van der Waals surface area (Å²) in [6, 6.07) is 18.5. The number of rotatable bonds is 16. The maximum atomic E-state index is 13.9. The van der Waals surface area contributed by atoms with Crippen molar-refractivity contribution in [1.29, 1.82) is 0 Å². The Morgan fingerprint density at radius 2 is 0.909 bits per heavy atom. The molecule has 0 bridgehead atoms. The number of halogens is 3. The van der Waals surface area contributed by atoms with Gasteiger partial charge in [0.25, 0.3) is 0 Å². The predicted molar refractivity (Wildman–Crippen MR) is 174 cm³/mol. The highest BCUT2D eigenvalue weighted by molar-refractivity contribution is 5.53. The highest BCUT2D eigenvalue weighted by Crippen LogP contribution is 2.32. The van der Waals surface area contributed by atoms with Gasteiger partial charge in [-0.1, -0.05) is 102 Å². The highest BCUT2D eigenvalue weighted by atomic mass is 19.4. The number of hydrogen-bond donors (Lipinski definition) is 0. The molecule has 3 rings (SSSR count). The third kappa shape index (κ3) is 13.2. The molecule has 3 aromatic carbocycles. The van der Waals surface area contributed by atoms with E-state index in [1.54, 1.807) is 30.3 Å². The van der Waals surface area contributed by atoms with Crippen molar-refractivity contribution in [2.24, 2.45) is 0 Å². The van der Waals surface area contributed by atoms with Gasteiger partial charge in [-0.2, -0.15) is 13.2 Å². The summed E-state index contributed by atoms with van der Waals surface area (Å²) in [4.78, 5) is 0. The van der Waals surface area contributed by atoms with Crippen LogP contribution in [0.2, 0.25) is 0 Å². The van der Waals surface area contributed by atoms with Gasteiger partial charge in [-0.05, 0) is 79.6 Å². The molecule has 0 aliphatic rings. The summed E-state index contributed by atoms with van der Waals surface area (Å²) in [7, 11) is 0. The Hall–Kier alpha value is -3.83. The van der Waals surface area contributed by atoms with Gasteiger partial charge in [-0.15, -0.1) is 0 Å². The minimum absolute atomic E-state index is 0.0849. The lowest BCUT2D eigenvalue weighted by atomic mass is 10.0. The fourth-order valence-electron chi connectivity index (χ4n) is 4.66. The van der Waals surface area contributed by atoms with Gasteiger partial charge in [-0.3, -0.25) is 0 Å². The van der Waals surface area contributed by atoms with E-state index in [-0.39, 0.29) is 11.1 Å². The summed E-state index contributed by atoms with van der Waals surface area (Å²) in [5.74, 6) is 12.9. The Bertz CT molecular complexity index is 1370. The summed E-state index contributed by atoms with van der Waals surface area (Å²) in [6.45, 7) is 5.73. The lowest BCUT2D eigenvalue weighted by molar-refractivity contribution is -0.137. The molecule has 0 saturated carbocycles. The van der Waals surface area contributed by atoms with Crippen LogP contribution in [0.4, 0.5) is 13.2 Å². The molecule has 0 aliphatic heterocycles. The number of alkyl halides is 3. The van der Waals surface area contributed by atoms with E-state index in [4.69, 9.17) is 9.47 Å². The van der Waals surface area contributed by atoms with Crippen LogP contribution in [0.1, 0.15) is 119 Å². The molecule has 0 unspecified atom stereocenters. The maximum absolute atomic E-state index is 13.9. The average molecular weight is 603 g/mol. The SMILES string of the molecule is CCCCCCCCOc1ccc(C#Cc2ccc(C#Cc3ccc(OCCCCCCCC)cc3)c(C(F)(F)F)c2)cc1. The first-order valence-electron chi connectivity index (χ1n) is 16.1. The molecule has 0 heterocycles. The van der Waals surface area contributed by atoms with Crippen LogP contribution in [-0.2, 0) is 6.18 Å². The van der Waals surface area contributed by atoms with Crippen LogP contribution in [-0.4, -0.2) is 13.2 Å². The molecule has 5 heteroatoms. The zero-order chi connectivity index (χ0) is 31.5. The summed E-state index contributed by atoms with van der Waals surface area (Å²) in [6.07, 6.45) is 9.81. The monoisotopic (exact) mass is 602 g/mol. The topological polar surface area (TPSA) is 18.5 Å². The van der Waals surface area contributed by atoms with E-state index in [0.717, 1.165) is 43.2 Å². The molecule has 0 saturated heterocycles. The molecule has 2 nitrogen and oxygen atoms in total. The van der Waals surface area contributed by atoms with Gasteiger partial charge >= 0.3 is 6.18 Å². The van der Waals surface area contributed by atoms with Crippen LogP contribution in [0.5, 0.6) is 11.5 Å². The van der Waals surface area contributed by atoms with Crippen LogP contribution in [0.15, 0.2) is 66.7 Å². The summed E-state index contributed by atoms with van der Waals surface area (Å²) in [5.41, 5.74) is 0.715. The molecule has 0 aliphatic carbocycles. The van der Waals surface area contributed by atoms with Crippen LogP contribution in [0.3, 0.4) is 0 Å². The zero-order valence-electron chi connectivity index (χ0n) is 26.2. The van der Waals surface area contributed by atoms with Gasteiger partial charge in [0.2, 0.25) is 0 Å². The average Bonchev–Trinajstić information content (AvgIpc) is 3.03. The first kappa shape index (κ1) is 34.7. The summed E-state index contributed by atoms with van der Waals surface area (Å²) < 4.78 is 53.3. The van der Waals surface area contributed by atoms with E-state index >= 15 is 0 Å². The van der Waals surface area contributed by atoms with Gasteiger partial charge in [-0.25, -0.2) is 0 Å². The molecule has 44 heavy (non-hydrogen) atoms. The maximum Gasteiger partial charge on any atom is 0.417 e. The van der Waals surface area contributed by atoms with Crippen molar-refractivity contribution >= 4 is 0 Å². The Morgan fingerprint density at radius 1 is 0.500 bits per heavy atom.